The number of allylic oxidation sites excluding steroid dienone is 2. The standard InChI is InChI=1S/C24H24ClN5O/c1-24(2)12-18-20(19(31)13-24)21(14-8-10-15(26-3)11-9-14)30-23(27-18)28-22(29-30)16-6-4-5-7-17(16)25/h4-11,21,26H,12-13H2,1-3H3,(H,27,28,29)/t21-/m0/s1. The van der Waals surface area contributed by atoms with Gasteiger partial charge in [0.1, 0.15) is 6.04 Å². The van der Waals surface area contributed by atoms with Crippen LogP contribution in [0.2, 0.25) is 5.02 Å². The van der Waals surface area contributed by atoms with E-state index in [0.717, 1.165) is 34.5 Å². The van der Waals surface area contributed by atoms with Crippen LogP contribution in [-0.2, 0) is 4.79 Å². The molecule has 2 aliphatic rings. The fraction of sp³-hybridized carbons (Fsp3) is 0.292. The maximum Gasteiger partial charge on any atom is 0.226 e. The van der Waals surface area contributed by atoms with Crippen molar-refractivity contribution in [2.24, 2.45) is 5.41 Å². The topological polar surface area (TPSA) is 71.8 Å². The van der Waals surface area contributed by atoms with Crippen molar-refractivity contribution < 1.29 is 4.79 Å². The van der Waals surface area contributed by atoms with Crippen molar-refractivity contribution in [2.45, 2.75) is 32.7 Å². The van der Waals surface area contributed by atoms with Crippen molar-refractivity contribution in [1.29, 1.82) is 0 Å². The van der Waals surface area contributed by atoms with Gasteiger partial charge in [-0.1, -0.05) is 49.7 Å². The van der Waals surface area contributed by atoms with Gasteiger partial charge < -0.3 is 10.6 Å². The predicted molar refractivity (Wildman–Crippen MR) is 123 cm³/mol. The molecule has 7 heteroatoms. The third-order valence-electron chi connectivity index (χ3n) is 5.96. The Balaban J connectivity index is 1.68. The Morgan fingerprint density at radius 1 is 1.13 bits per heavy atom. The molecule has 2 N–H and O–H groups in total. The van der Waals surface area contributed by atoms with Crippen LogP contribution in [0.5, 0.6) is 0 Å². The van der Waals surface area contributed by atoms with Crippen molar-refractivity contribution >= 4 is 29.0 Å². The number of carbonyl (C=O) groups is 1. The second-order valence-corrected chi connectivity index (χ2v) is 9.32. The van der Waals surface area contributed by atoms with E-state index in [1.807, 2.05) is 60.3 Å². The number of fused-ring (bicyclic) bond motifs is 1. The molecule has 1 atom stereocenters. The number of rotatable bonds is 3. The van der Waals surface area contributed by atoms with E-state index in [0.29, 0.717) is 23.2 Å². The summed E-state index contributed by atoms with van der Waals surface area (Å²) in [7, 11) is 1.89. The Kier molecular flexibility index (Phi) is 4.63. The number of hydrogen-bond donors (Lipinski definition) is 2. The van der Waals surface area contributed by atoms with Crippen molar-refractivity contribution in [3.05, 3.63) is 70.4 Å². The zero-order chi connectivity index (χ0) is 21.8. The molecule has 31 heavy (non-hydrogen) atoms. The van der Waals surface area contributed by atoms with Gasteiger partial charge in [-0.25, -0.2) is 4.68 Å². The van der Waals surface area contributed by atoms with Crippen molar-refractivity contribution in [3.63, 3.8) is 0 Å². The number of aromatic nitrogens is 3. The summed E-state index contributed by atoms with van der Waals surface area (Å²) in [5.41, 5.74) is 4.39. The van der Waals surface area contributed by atoms with Crippen molar-refractivity contribution in [2.75, 3.05) is 17.7 Å². The number of halogens is 1. The van der Waals surface area contributed by atoms with Crippen LogP contribution in [0.25, 0.3) is 11.4 Å². The van der Waals surface area contributed by atoms with Crippen LogP contribution in [-0.4, -0.2) is 27.6 Å². The second kappa shape index (κ2) is 7.24. The number of hydrogen-bond acceptors (Lipinski definition) is 5. The van der Waals surface area contributed by atoms with Gasteiger partial charge in [-0.05, 0) is 41.7 Å². The Morgan fingerprint density at radius 2 is 1.87 bits per heavy atom. The summed E-state index contributed by atoms with van der Waals surface area (Å²) < 4.78 is 1.82. The molecule has 2 heterocycles. The minimum absolute atomic E-state index is 0.1000. The number of Topliss-reactive ketones (excluding diaryl/α,β-unsaturated/α-hetero) is 1. The average molecular weight is 434 g/mol. The van der Waals surface area contributed by atoms with Crippen LogP contribution in [0.15, 0.2) is 59.8 Å². The Morgan fingerprint density at radius 3 is 2.58 bits per heavy atom. The summed E-state index contributed by atoms with van der Waals surface area (Å²) in [6, 6.07) is 15.3. The Labute approximate surface area is 186 Å². The molecular formula is C24H24ClN5O. The molecule has 0 fully saturated rings. The minimum Gasteiger partial charge on any atom is -0.388 e. The van der Waals surface area contributed by atoms with E-state index >= 15 is 0 Å². The number of nitrogens with zero attached hydrogens (tertiary/aromatic N) is 3. The van der Waals surface area contributed by atoms with E-state index in [4.69, 9.17) is 21.7 Å². The van der Waals surface area contributed by atoms with Gasteiger partial charge in [0.15, 0.2) is 11.6 Å². The first-order valence-corrected chi connectivity index (χ1v) is 10.8. The van der Waals surface area contributed by atoms with Crippen molar-refractivity contribution in [1.82, 2.24) is 14.8 Å². The zero-order valence-corrected chi connectivity index (χ0v) is 18.5. The lowest BCUT2D eigenvalue weighted by molar-refractivity contribution is -0.118. The number of carbonyl (C=O) groups excluding carboxylic acids is 1. The van der Waals surface area contributed by atoms with Gasteiger partial charge in [-0.3, -0.25) is 4.79 Å². The molecule has 0 radical (unpaired) electrons. The highest BCUT2D eigenvalue weighted by atomic mass is 35.5. The fourth-order valence-electron chi connectivity index (χ4n) is 4.51. The smallest absolute Gasteiger partial charge is 0.226 e. The summed E-state index contributed by atoms with van der Waals surface area (Å²) in [6.45, 7) is 4.25. The monoisotopic (exact) mass is 433 g/mol. The minimum atomic E-state index is -0.329. The van der Waals surface area contributed by atoms with E-state index in [1.54, 1.807) is 0 Å². The lowest BCUT2D eigenvalue weighted by Crippen LogP contribution is -2.36. The van der Waals surface area contributed by atoms with Crippen LogP contribution in [0, 0.1) is 5.41 Å². The lowest BCUT2D eigenvalue weighted by atomic mass is 9.73. The van der Waals surface area contributed by atoms with Gasteiger partial charge in [0, 0.05) is 36.0 Å². The summed E-state index contributed by atoms with van der Waals surface area (Å²) in [6.07, 6.45) is 1.30. The third-order valence-corrected chi connectivity index (χ3v) is 6.29. The first-order valence-electron chi connectivity index (χ1n) is 10.4. The highest BCUT2D eigenvalue weighted by Crippen LogP contribution is 2.46. The molecule has 0 saturated heterocycles. The van der Waals surface area contributed by atoms with E-state index < -0.39 is 0 Å². The molecule has 3 aromatic rings. The van der Waals surface area contributed by atoms with Gasteiger partial charge in [-0.2, -0.15) is 4.98 Å². The van der Waals surface area contributed by atoms with Crippen LogP contribution >= 0.6 is 11.6 Å². The first-order chi connectivity index (χ1) is 14.9. The third kappa shape index (κ3) is 3.41. The summed E-state index contributed by atoms with van der Waals surface area (Å²) in [5, 5.41) is 11.9. The van der Waals surface area contributed by atoms with Gasteiger partial charge in [0.05, 0.1) is 5.02 Å². The molecule has 1 aromatic heterocycles. The zero-order valence-electron chi connectivity index (χ0n) is 17.7. The van der Waals surface area contributed by atoms with Gasteiger partial charge >= 0.3 is 0 Å². The van der Waals surface area contributed by atoms with Gasteiger partial charge in [-0.15, -0.1) is 5.10 Å². The highest BCUT2D eigenvalue weighted by molar-refractivity contribution is 6.33. The van der Waals surface area contributed by atoms with Gasteiger partial charge in [0.25, 0.3) is 0 Å². The maximum atomic E-state index is 13.3. The number of benzene rings is 2. The van der Waals surface area contributed by atoms with E-state index in [-0.39, 0.29) is 17.2 Å². The van der Waals surface area contributed by atoms with Crippen LogP contribution < -0.4 is 10.6 Å². The van der Waals surface area contributed by atoms with Crippen LogP contribution in [0.4, 0.5) is 11.6 Å². The molecule has 2 aromatic carbocycles. The maximum absolute atomic E-state index is 13.3. The summed E-state index contributed by atoms with van der Waals surface area (Å²) >= 11 is 6.41. The van der Waals surface area contributed by atoms with Crippen LogP contribution in [0.3, 0.4) is 0 Å². The van der Waals surface area contributed by atoms with Crippen molar-refractivity contribution in [3.8, 4) is 11.4 Å². The number of ketones is 1. The first kappa shape index (κ1) is 19.8. The van der Waals surface area contributed by atoms with E-state index in [1.165, 1.54) is 0 Å². The molecule has 1 aliphatic carbocycles. The Hall–Kier alpha value is -3.12. The predicted octanol–water partition coefficient (Wildman–Crippen LogP) is 5.30. The molecule has 0 saturated carbocycles. The SMILES string of the molecule is CNc1ccc([C@H]2C3=C(CC(C)(C)CC3=O)Nc3nc(-c4ccccc4Cl)nn32)cc1. The lowest BCUT2D eigenvalue weighted by Gasteiger charge is -2.38. The summed E-state index contributed by atoms with van der Waals surface area (Å²) in [4.78, 5) is 18.1. The van der Waals surface area contributed by atoms with E-state index in [2.05, 4.69) is 24.5 Å². The quantitative estimate of drug-likeness (QED) is 0.586. The number of anilines is 2. The molecule has 0 unspecified atom stereocenters. The Bertz CT molecular complexity index is 1210. The molecule has 0 spiro atoms. The largest absolute Gasteiger partial charge is 0.388 e. The number of nitrogens with one attached hydrogen (secondary N) is 2. The second-order valence-electron chi connectivity index (χ2n) is 8.92. The molecule has 5 rings (SSSR count). The highest BCUT2D eigenvalue weighted by Gasteiger charge is 2.41. The summed E-state index contributed by atoms with van der Waals surface area (Å²) in [5.74, 6) is 1.32. The van der Waals surface area contributed by atoms with E-state index in [9.17, 15) is 4.79 Å². The normalized spacial score (nSPS) is 19.5. The molecule has 1 aliphatic heterocycles. The molecule has 158 valence electrons. The molecule has 0 bridgehead atoms. The average Bonchev–Trinajstić information content (AvgIpc) is 3.15. The molecular weight excluding hydrogens is 410 g/mol. The van der Waals surface area contributed by atoms with Crippen LogP contribution in [0.1, 0.15) is 38.3 Å². The molecule has 0 amide bonds. The van der Waals surface area contributed by atoms with Gasteiger partial charge in [0.2, 0.25) is 5.95 Å². The molecule has 6 nitrogen and oxygen atoms in total. The fourth-order valence-corrected chi connectivity index (χ4v) is 4.73.